The highest BCUT2D eigenvalue weighted by molar-refractivity contribution is 5.80. The highest BCUT2D eigenvalue weighted by Gasteiger charge is 2.58. The molecule has 8 heteroatoms. The van der Waals surface area contributed by atoms with Crippen molar-refractivity contribution in [2.24, 2.45) is 5.73 Å². The molecule has 1 aromatic heterocycles. The molecular formula is C9H10F3N3O2. The largest absolute Gasteiger partial charge is 0.480 e. The first-order valence-corrected chi connectivity index (χ1v) is 4.47. The number of hydrogen-bond acceptors (Lipinski definition) is 4. The molecule has 0 bridgehead atoms. The van der Waals surface area contributed by atoms with E-state index in [-0.39, 0.29) is 11.4 Å². The van der Waals surface area contributed by atoms with Gasteiger partial charge in [-0.3, -0.25) is 0 Å². The van der Waals surface area contributed by atoms with Crippen molar-refractivity contribution in [1.82, 2.24) is 4.98 Å². The second kappa shape index (κ2) is 4.21. The van der Waals surface area contributed by atoms with Gasteiger partial charge in [0.1, 0.15) is 5.82 Å². The van der Waals surface area contributed by atoms with Crippen molar-refractivity contribution in [1.29, 1.82) is 0 Å². The lowest BCUT2D eigenvalue weighted by Crippen LogP contribution is -2.61. The fraction of sp³-hybridized carbons (Fsp3) is 0.333. The summed E-state index contributed by atoms with van der Waals surface area (Å²) in [5, 5.41) is 8.61. The van der Waals surface area contributed by atoms with Gasteiger partial charge in [0.15, 0.2) is 0 Å². The van der Waals surface area contributed by atoms with Crippen LogP contribution in [0.4, 0.5) is 19.0 Å². The Morgan fingerprint density at radius 1 is 1.47 bits per heavy atom. The molecule has 0 aliphatic rings. The average Bonchev–Trinajstić information content (AvgIpc) is 2.19. The maximum Gasteiger partial charge on any atom is 0.417 e. The first-order valence-electron chi connectivity index (χ1n) is 4.47. The van der Waals surface area contributed by atoms with E-state index < -0.39 is 24.1 Å². The Hall–Kier alpha value is -1.83. The number of nitrogen functional groups attached to an aromatic ring is 1. The number of aromatic nitrogens is 1. The van der Waals surface area contributed by atoms with Crippen LogP contribution in [0.2, 0.25) is 0 Å². The summed E-state index contributed by atoms with van der Waals surface area (Å²) in [5.41, 5.74) is 6.82. The highest BCUT2D eigenvalue weighted by Crippen LogP contribution is 2.32. The number of hydrogen-bond donors (Lipinski definition) is 3. The predicted octanol–water partition coefficient (Wildman–Crippen LogP) is 0.551. The number of nitrogens with zero attached hydrogens (tertiary/aromatic N) is 1. The Balaban J connectivity index is 3.13. The first kappa shape index (κ1) is 13.2. The fourth-order valence-corrected chi connectivity index (χ4v) is 1.20. The fourth-order valence-electron chi connectivity index (χ4n) is 1.20. The van der Waals surface area contributed by atoms with E-state index in [1.807, 2.05) is 0 Å². The molecule has 0 aliphatic carbocycles. The molecule has 1 unspecified atom stereocenters. The molecule has 0 aromatic carbocycles. The summed E-state index contributed by atoms with van der Waals surface area (Å²) in [6, 6.07) is 2.60. The summed E-state index contributed by atoms with van der Waals surface area (Å²) in [5.74, 6) is -2.33. The number of carbonyl (C=O) groups is 1. The third kappa shape index (κ3) is 2.47. The van der Waals surface area contributed by atoms with Gasteiger partial charge in [-0.1, -0.05) is 6.07 Å². The lowest BCUT2D eigenvalue weighted by atomic mass is 9.91. The summed E-state index contributed by atoms with van der Waals surface area (Å²) in [6.07, 6.45) is -4.77. The van der Waals surface area contributed by atoms with E-state index in [2.05, 4.69) is 4.98 Å². The zero-order valence-electron chi connectivity index (χ0n) is 8.53. The van der Waals surface area contributed by atoms with Gasteiger partial charge in [0.25, 0.3) is 0 Å². The van der Waals surface area contributed by atoms with E-state index in [0.29, 0.717) is 0 Å². The number of aliphatic carboxylic acids is 1. The van der Waals surface area contributed by atoms with E-state index in [0.717, 1.165) is 0 Å². The van der Waals surface area contributed by atoms with Crippen molar-refractivity contribution in [2.75, 3.05) is 5.73 Å². The summed E-state index contributed by atoms with van der Waals surface area (Å²) in [6.45, 7) is 0. The third-order valence-corrected chi connectivity index (χ3v) is 2.28. The maximum absolute atomic E-state index is 12.6. The van der Waals surface area contributed by atoms with E-state index in [4.69, 9.17) is 16.6 Å². The standard InChI is InChI=1S/C9H10F3N3O2/c10-9(11,12)8(14,7(16)17)4-5-2-1-3-15-6(5)13/h1-3H,4,14H2,(H2,13,15)(H,16,17). The highest BCUT2D eigenvalue weighted by atomic mass is 19.4. The lowest BCUT2D eigenvalue weighted by Gasteiger charge is -2.27. The van der Waals surface area contributed by atoms with Crippen LogP contribution >= 0.6 is 0 Å². The molecule has 1 rings (SSSR count). The van der Waals surface area contributed by atoms with E-state index in [1.165, 1.54) is 18.3 Å². The van der Waals surface area contributed by atoms with Gasteiger partial charge in [0.05, 0.1) is 0 Å². The summed E-state index contributed by atoms with van der Waals surface area (Å²) < 4.78 is 37.8. The monoisotopic (exact) mass is 249 g/mol. The van der Waals surface area contributed by atoms with Gasteiger partial charge in [-0.25, -0.2) is 9.78 Å². The van der Waals surface area contributed by atoms with Crippen molar-refractivity contribution < 1.29 is 23.1 Å². The number of rotatable bonds is 3. The van der Waals surface area contributed by atoms with Gasteiger partial charge in [0.2, 0.25) is 5.54 Å². The second-order valence-electron chi connectivity index (χ2n) is 3.50. The Labute approximate surface area is 94.2 Å². The third-order valence-electron chi connectivity index (χ3n) is 2.28. The van der Waals surface area contributed by atoms with Crippen molar-refractivity contribution in [2.45, 2.75) is 18.1 Å². The number of anilines is 1. The zero-order valence-corrected chi connectivity index (χ0v) is 8.53. The predicted molar refractivity (Wildman–Crippen MR) is 53.0 cm³/mol. The van der Waals surface area contributed by atoms with Crippen molar-refractivity contribution in [3.8, 4) is 0 Å². The van der Waals surface area contributed by atoms with Crippen LogP contribution in [-0.4, -0.2) is 27.8 Å². The maximum atomic E-state index is 12.6. The molecule has 17 heavy (non-hydrogen) atoms. The SMILES string of the molecule is Nc1ncccc1CC(N)(C(=O)O)C(F)(F)F. The zero-order chi connectivity index (χ0) is 13.3. The van der Waals surface area contributed by atoms with Crippen LogP contribution in [0.1, 0.15) is 5.56 Å². The number of pyridine rings is 1. The molecule has 0 amide bonds. The molecule has 0 radical (unpaired) electrons. The van der Waals surface area contributed by atoms with Crippen LogP contribution in [0.25, 0.3) is 0 Å². The van der Waals surface area contributed by atoms with E-state index in [1.54, 1.807) is 0 Å². The van der Waals surface area contributed by atoms with Crippen LogP contribution < -0.4 is 11.5 Å². The number of carboxylic acids is 1. The lowest BCUT2D eigenvalue weighted by molar-refractivity contribution is -0.201. The average molecular weight is 249 g/mol. The van der Waals surface area contributed by atoms with Gasteiger partial charge < -0.3 is 16.6 Å². The quantitative estimate of drug-likeness (QED) is 0.726. The van der Waals surface area contributed by atoms with Gasteiger partial charge in [-0.05, 0) is 11.6 Å². The normalized spacial score (nSPS) is 15.3. The minimum absolute atomic E-state index is 0.0604. The molecule has 0 saturated carbocycles. The smallest absolute Gasteiger partial charge is 0.417 e. The molecular weight excluding hydrogens is 239 g/mol. The number of alkyl halides is 3. The summed E-state index contributed by atoms with van der Waals surface area (Å²) in [7, 11) is 0. The second-order valence-corrected chi connectivity index (χ2v) is 3.50. The minimum Gasteiger partial charge on any atom is -0.480 e. The Morgan fingerprint density at radius 2 is 2.06 bits per heavy atom. The van der Waals surface area contributed by atoms with Crippen LogP contribution in [0.3, 0.4) is 0 Å². The number of halogens is 3. The van der Waals surface area contributed by atoms with Crippen molar-refractivity contribution in [3.63, 3.8) is 0 Å². The van der Waals surface area contributed by atoms with Gasteiger partial charge in [-0.2, -0.15) is 13.2 Å². The molecule has 0 fully saturated rings. The van der Waals surface area contributed by atoms with Crippen LogP contribution in [0, 0.1) is 0 Å². The molecule has 5 N–H and O–H groups in total. The molecule has 5 nitrogen and oxygen atoms in total. The molecule has 1 aromatic rings. The van der Waals surface area contributed by atoms with Crippen molar-refractivity contribution in [3.05, 3.63) is 23.9 Å². The van der Waals surface area contributed by atoms with Crippen LogP contribution in [-0.2, 0) is 11.2 Å². The van der Waals surface area contributed by atoms with Gasteiger partial charge in [-0.15, -0.1) is 0 Å². The summed E-state index contributed by atoms with van der Waals surface area (Å²) in [4.78, 5) is 14.2. The van der Waals surface area contributed by atoms with Crippen LogP contribution in [0.15, 0.2) is 18.3 Å². The Morgan fingerprint density at radius 3 is 2.47 bits per heavy atom. The molecule has 1 heterocycles. The van der Waals surface area contributed by atoms with E-state index in [9.17, 15) is 18.0 Å². The minimum atomic E-state index is -5.08. The number of nitrogens with two attached hydrogens (primary N) is 2. The van der Waals surface area contributed by atoms with Gasteiger partial charge in [0, 0.05) is 12.6 Å². The molecule has 1 atom stereocenters. The Bertz CT molecular complexity index is 436. The van der Waals surface area contributed by atoms with E-state index >= 15 is 0 Å². The molecule has 0 saturated heterocycles. The number of carboxylic acid groups (broad SMARTS) is 1. The molecule has 94 valence electrons. The Kier molecular flexibility index (Phi) is 3.28. The topological polar surface area (TPSA) is 102 Å². The van der Waals surface area contributed by atoms with Crippen molar-refractivity contribution >= 4 is 11.8 Å². The molecule has 0 aliphatic heterocycles. The summed E-state index contributed by atoms with van der Waals surface area (Å²) >= 11 is 0. The van der Waals surface area contributed by atoms with Gasteiger partial charge >= 0.3 is 12.1 Å². The first-order chi connectivity index (χ1) is 7.68. The molecule has 0 spiro atoms. The van der Waals surface area contributed by atoms with Crippen LogP contribution in [0.5, 0.6) is 0 Å².